The molecule has 0 aromatic rings. The number of carbonyl (C=O) groups excluding carboxylic acids is 2. The Labute approximate surface area is 295 Å². The Morgan fingerprint density at radius 3 is 1.27 bits per heavy atom. The topological polar surface area (TPSA) is 72.8 Å². The third kappa shape index (κ3) is 37.8. The van der Waals surface area contributed by atoms with Gasteiger partial charge >= 0.3 is 11.9 Å². The minimum absolute atomic E-state index is 0.147. The lowest BCUT2D eigenvalue weighted by atomic mass is 10.1. The molecule has 0 bridgehead atoms. The monoisotopic (exact) mass is 669 g/mol. The lowest BCUT2D eigenvalue weighted by Crippen LogP contribution is -2.25. The number of allylic oxidation sites excluding steroid dienone is 12. The zero-order valence-corrected chi connectivity index (χ0v) is 31.0. The highest BCUT2D eigenvalue weighted by Crippen LogP contribution is 2.10. The van der Waals surface area contributed by atoms with Crippen LogP contribution in [-0.4, -0.2) is 36.4 Å². The largest absolute Gasteiger partial charge is 0.463 e. The zero-order chi connectivity index (χ0) is 35.0. The predicted molar refractivity (Wildman–Crippen MR) is 205 cm³/mol. The molecule has 0 aromatic carbocycles. The number of hydrogen-bond acceptors (Lipinski definition) is 5. The number of carbonyl (C=O) groups is 2. The van der Waals surface area contributed by atoms with Gasteiger partial charge in [-0.05, 0) is 77.0 Å². The number of hydrogen-bond donors (Lipinski definition) is 1. The summed E-state index contributed by atoms with van der Waals surface area (Å²) < 4.78 is 10.3. The van der Waals surface area contributed by atoms with Crippen LogP contribution in [0.3, 0.4) is 0 Å². The van der Waals surface area contributed by atoms with E-state index in [2.05, 4.69) is 74.6 Å². The minimum atomic E-state index is -1.000. The highest BCUT2D eigenvalue weighted by molar-refractivity contribution is 5.70. The van der Waals surface area contributed by atoms with Crippen LogP contribution >= 0.6 is 0 Å². The van der Waals surface area contributed by atoms with Gasteiger partial charge in [0.15, 0.2) is 0 Å². The van der Waals surface area contributed by atoms with E-state index in [1.807, 2.05) is 12.2 Å². The average Bonchev–Trinajstić information content (AvgIpc) is 3.09. The molecule has 0 aliphatic carbocycles. The molecule has 5 heteroatoms. The Morgan fingerprint density at radius 1 is 0.438 bits per heavy atom. The molecule has 0 saturated carbocycles. The highest BCUT2D eigenvalue weighted by Gasteiger charge is 2.11. The maximum atomic E-state index is 11.9. The fraction of sp³-hybridized carbons (Fsp3) is 0.674. The zero-order valence-electron chi connectivity index (χ0n) is 31.0. The molecule has 5 nitrogen and oxygen atoms in total. The van der Waals surface area contributed by atoms with Crippen molar-refractivity contribution >= 4 is 11.9 Å². The van der Waals surface area contributed by atoms with Crippen LogP contribution in [0.4, 0.5) is 0 Å². The number of aliphatic hydroxyl groups is 1. The van der Waals surface area contributed by atoms with E-state index in [0.717, 1.165) is 51.4 Å². The lowest BCUT2D eigenvalue weighted by molar-refractivity contribution is -0.152. The van der Waals surface area contributed by atoms with E-state index in [9.17, 15) is 14.7 Å². The molecule has 0 saturated heterocycles. The molecule has 0 unspecified atom stereocenters. The Balaban J connectivity index is 3.60. The first-order valence-corrected chi connectivity index (χ1v) is 19.5. The van der Waals surface area contributed by atoms with Crippen molar-refractivity contribution < 1.29 is 24.2 Å². The average molecular weight is 669 g/mol. The van der Waals surface area contributed by atoms with Gasteiger partial charge in [0, 0.05) is 12.8 Å². The van der Waals surface area contributed by atoms with Crippen LogP contribution in [0.25, 0.3) is 0 Å². The number of unbranched alkanes of at least 4 members (excludes halogenated alkanes) is 14. The van der Waals surface area contributed by atoms with Crippen LogP contribution in [0.1, 0.15) is 168 Å². The third-order valence-corrected chi connectivity index (χ3v) is 7.93. The minimum Gasteiger partial charge on any atom is -0.463 e. The molecule has 0 fully saturated rings. The molecule has 0 aliphatic rings. The fourth-order valence-electron chi connectivity index (χ4n) is 4.94. The second kappa shape index (κ2) is 38.8. The van der Waals surface area contributed by atoms with Crippen molar-refractivity contribution in [1.29, 1.82) is 0 Å². The van der Waals surface area contributed by atoms with Gasteiger partial charge in [0.25, 0.3) is 0 Å². The van der Waals surface area contributed by atoms with E-state index in [-0.39, 0.29) is 31.6 Å². The fourth-order valence-corrected chi connectivity index (χ4v) is 4.94. The first-order chi connectivity index (χ1) is 23.6. The number of aliphatic hydroxyl groups excluding tert-OH is 1. The Hall–Kier alpha value is -2.66. The van der Waals surface area contributed by atoms with Gasteiger partial charge in [-0.25, -0.2) is 0 Å². The van der Waals surface area contributed by atoms with Gasteiger partial charge in [0.05, 0.1) is 0 Å². The van der Waals surface area contributed by atoms with Crippen molar-refractivity contribution in [3.05, 3.63) is 72.9 Å². The van der Waals surface area contributed by atoms with E-state index in [1.54, 1.807) is 0 Å². The molecule has 274 valence electrons. The second-order valence-corrected chi connectivity index (χ2v) is 12.7. The summed E-state index contributed by atoms with van der Waals surface area (Å²) >= 11 is 0. The Morgan fingerprint density at radius 2 is 0.771 bits per heavy atom. The second-order valence-electron chi connectivity index (χ2n) is 12.7. The summed E-state index contributed by atoms with van der Waals surface area (Å²) in [5.74, 6) is -0.673. The molecule has 48 heavy (non-hydrogen) atoms. The molecule has 1 atom stereocenters. The Kier molecular flexibility index (Phi) is 36.6. The number of ether oxygens (including phenoxy) is 2. The van der Waals surface area contributed by atoms with Crippen molar-refractivity contribution in [1.82, 2.24) is 0 Å². The summed E-state index contributed by atoms with van der Waals surface area (Å²) in [4.78, 5) is 23.9. The normalized spacial score (nSPS) is 13.0. The predicted octanol–water partition coefficient (Wildman–Crippen LogP) is 12.2. The van der Waals surface area contributed by atoms with Crippen molar-refractivity contribution in [3.63, 3.8) is 0 Å². The molecular weight excluding hydrogens is 596 g/mol. The van der Waals surface area contributed by atoms with E-state index in [0.29, 0.717) is 12.8 Å². The van der Waals surface area contributed by atoms with Crippen molar-refractivity contribution in [2.75, 3.05) is 13.2 Å². The summed E-state index contributed by atoms with van der Waals surface area (Å²) in [6, 6.07) is 0. The van der Waals surface area contributed by atoms with Gasteiger partial charge in [0.1, 0.15) is 19.3 Å². The molecule has 0 amide bonds. The summed E-state index contributed by atoms with van der Waals surface area (Å²) in [6.45, 7) is 4.18. The molecule has 0 radical (unpaired) electrons. The molecule has 0 spiro atoms. The van der Waals surface area contributed by atoms with Gasteiger partial charge in [-0.2, -0.15) is 0 Å². The third-order valence-electron chi connectivity index (χ3n) is 7.93. The van der Waals surface area contributed by atoms with Crippen molar-refractivity contribution in [3.8, 4) is 0 Å². The van der Waals surface area contributed by atoms with Gasteiger partial charge in [0.2, 0.25) is 0 Å². The molecule has 1 N–H and O–H groups in total. The molecule has 0 heterocycles. The highest BCUT2D eigenvalue weighted by atomic mass is 16.6. The van der Waals surface area contributed by atoms with Crippen LogP contribution in [0.15, 0.2) is 72.9 Å². The van der Waals surface area contributed by atoms with Gasteiger partial charge in [-0.3, -0.25) is 9.59 Å². The van der Waals surface area contributed by atoms with Crippen molar-refractivity contribution in [2.45, 2.75) is 174 Å². The number of esters is 2. The number of rotatable bonds is 34. The standard InChI is InChI=1S/C43H72O5/c1-3-5-7-9-11-13-15-17-19-20-21-22-24-26-28-30-32-34-36-38-43(46)48-40-41(44)39-47-42(45)37-35-33-31-29-27-25-23-18-16-14-12-10-8-6-4-2/h11,13,17-19,21-23,26,28,32,34,41,44H,3-10,12,14-16,20,24-25,27,29-31,33,35-40H2,1-2H3/b13-11-,19-17-,22-21-,23-18-,28-26-,34-32-/t41-/m1/s1. The summed E-state index contributed by atoms with van der Waals surface area (Å²) in [6.07, 6.45) is 51.0. The van der Waals surface area contributed by atoms with Gasteiger partial charge < -0.3 is 14.6 Å². The van der Waals surface area contributed by atoms with Crippen LogP contribution in [0.2, 0.25) is 0 Å². The van der Waals surface area contributed by atoms with E-state index in [4.69, 9.17) is 9.47 Å². The van der Waals surface area contributed by atoms with Crippen molar-refractivity contribution in [2.24, 2.45) is 0 Å². The van der Waals surface area contributed by atoms with Gasteiger partial charge in [-0.1, -0.05) is 151 Å². The summed E-state index contributed by atoms with van der Waals surface area (Å²) in [7, 11) is 0. The first-order valence-electron chi connectivity index (χ1n) is 19.5. The van der Waals surface area contributed by atoms with Crippen LogP contribution < -0.4 is 0 Å². The quantitative estimate of drug-likeness (QED) is 0.0420. The molecular formula is C43H72O5. The van der Waals surface area contributed by atoms with Crippen LogP contribution in [-0.2, 0) is 19.1 Å². The lowest BCUT2D eigenvalue weighted by Gasteiger charge is -2.12. The van der Waals surface area contributed by atoms with Crippen LogP contribution in [0, 0.1) is 0 Å². The summed E-state index contributed by atoms with van der Waals surface area (Å²) in [5, 5.41) is 9.99. The Bertz CT molecular complexity index is 895. The molecule has 0 aliphatic heterocycles. The van der Waals surface area contributed by atoms with E-state index in [1.165, 1.54) is 83.5 Å². The summed E-state index contributed by atoms with van der Waals surface area (Å²) in [5.41, 5.74) is 0. The van der Waals surface area contributed by atoms with E-state index >= 15 is 0 Å². The van der Waals surface area contributed by atoms with Gasteiger partial charge in [-0.15, -0.1) is 0 Å². The SMILES string of the molecule is CCCCC/C=C\C/C=C\C/C=C\C/C=C\C/C=C\CCC(=O)OC[C@H](O)COC(=O)CCCCCCC/C=C\CCCCCCCC. The maximum absolute atomic E-state index is 11.9. The first kappa shape index (κ1) is 45.3. The van der Waals surface area contributed by atoms with E-state index < -0.39 is 6.10 Å². The molecule has 0 rings (SSSR count). The maximum Gasteiger partial charge on any atom is 0.306 e. The molecule has 0 aromatic heterocycles. The smallest absolute Gasteiger partial charge is 0.306 e. The van der Waals surface area contributed by atoms with Crippen LogP contribution in [0.5, 0.6) is 0 Å².